The first-order valence-electron chi connectivity index (χ1n) is 6.68. The number of rotatable bonds is 4. The van der Waals surface area contributed by atoms with Gasteiger partial charge in [-0.2, -0.15) is 0 Å². The molecule has 0 aliphatic carbocycles. The molecule has 108 valence electrons. The molecule has 1 aliphatic heterocycles. The predicted molar refractivity (Wildman–Crippen MR) is 73.3 cm³/mol. The van der Waals surface area contributed by atoms with Gasteiger partial charge in [0.15, 0.2) is 0 Å². The number of hydrogen-bond donors (Lipinski definition) is 1. The minimum Gasteiger partial charge on any atom is -0.481 e. The summed E-state index contributed by atoms with van der Waals surface area (Å²) >= 11 is 0. The van der Waals surface area contributed by atoms with Crippen LogP contribution < -0.4 is 0 Å². The monoisotopic (exact) mass is 278 g/mol. The number of nitrogens with zero attached hydrogens (tertiary/aromatic N) is 2. The van der Waals surface area contributed by atoms with Gasteiger partial charge in [0.1, 0.15) is 0 Å². The first-order chi connectivity index (χ1) is 9.49. The molecular formula is C14H18N2O4. The Bertz CT molecular complexity index is 518. The Labute approximate surface area is 117 Å². The molecule has 2 unspecified atom stereocenters. The summed E-state index contributed by atoms with van der Waals surface area (Å²) in [5, 5.41) is 20.0. The molecule has 1 heterocycles. The van der Waals surface area contributed by atoms with E-state index in [4.69, 9.17) is 5.11 Å². The number of hydrogen-bond acceptors (Lipinski definition) is 4. The molecule has 0 bridgehead atoms. The third-order valence-electron chi connectivity index (χ3n) is 3.92. The molecule has 2 rings (SSSR count). The molecule has 1 N–H and O–H groups in total. The smallest absolute Gasteiger partial charge is 0.306 e. The number of carboxylic acid groups (broad SMARTS) is 1. The van der Waals surface area contributed by atoms with Crippen LogP contribution in [0.25, 0.3) is 0 Å². The van der Waals surface area contributed by atoms with E-state index in [0.717, 1.165) is 0 Å². The first kappa shape index (κ1) is 14.5. The van der Waals surface area contributed by atoms with Crippen LogP contribution in [0.5, 0.6) is 0 Å². The van der Waals surface area contributed by atoms with Crippen LogP contribution in [0.3, 0.4) is 0 Å². The van der Waals surface area contributed by atoms with E-state index < -0.39 is 5.97 Å². The summed E-state index contributed by atoms with van der Waals surface area (Å²) in [4.78, 5) is 23.7. The van der Waals surface area contributed by atoms with Crippen molar-refractivity contribution >= 4 is 11.7 Å². The van der Waals surface area contributed by atoms with Gasteiger partial charge in [-0.05, 0) is 26.3 Å². The largest absolute Gasteiger partial charge is 0.481 e. The van der Waals surface area contributed by atoms with E-state index in [1.807, 2.05) is 6.92 Å². The number of carbonyl (C=O) groups is 1. The van der Waals surface area contributed by atoms with Gasteiger partial charge in [0.05, 0.1) is 10.8 Å². The number of aliphatic carboxylic acids is 1. The molecule has 0 radical (unpaired) electrons. The summed E-state index contributed by atoms with van der Waals surface area (Å²) in [5.41, 5.74) is 0.804. The van der Waals surface area contributed by atoms with Crippen LogP contribution in [0.2, 0.25) is 0 Å². The topological polar surface area (TPSA) is 83.7 Å². The lowest BCUT2D eigenvalue weighted by atomic mass is 9.91. The Morgan fingerprint density at radius 3 is 2.80 bits per heavy atom. The fourth-order valence-electron chi connectivity index (χ4n) is 2.72. The minimum absolute atomic E-state index is 0.115. The molecule has 1 saturated heterocycles. The Morgan fingerprint density at radius 2 is 2.20 bits per heavy atom. The molecule has 1 aromatic carbocycles. The maximum absolute atomic E-state index is 11.0. The maximum Gasteiger partial charge on any atom is 0.306 e. The van der Waals surface area contributed by atoms with Crippen molar-refractivity contribution in [3.63, 3.8) is 0 Å². The van der Waals surface area contributed by atoms with Crippen LogP contribution in [-0.4, -0.2) is 33.5 Å². The van der Waals surface area contributed by atoms with Crippen molar-refractivity contribution < 1.29 is 14.8 Å². The molecule has 20 heavy (non-hydrogen) atoms. The SMILES string of the molecule is CC1CC(C(=O)O)CCN1Cc1ccccc1[N+](=O)[O-]. The summed E-state index contributed by atoms with van der Waals surface area (Å²) in [6.07, 6.45) is 1.19. The normalized spacial score (nSPS) is 23.4. The Morgan fingerprint density at radius 1 is 1.50 bits per heavy atom. The Balaban J connectivity index is 2.08. The van der Waals surface area contributed by atoms with Crippen molar-refractivity contribution in [2.45, 2.75) is 32.4 Å². The summed E-state index contributed by atoms with van der Waals surface area (Å²) in [6, 6.07) is 6.82. The fourth-order valence-corrected chi connectivity index (χ4v) is 2.72. The van der Waals surface area contributed by atoms with Gasteiger partial charge < -0.3 is 5.11 Å². The highest BCUT2D eigenvalue weighted by molar-refractivity contribution is 5.70. The molecule has 0 saturated carbocycles. The molecule has 0 aromatic heterocycles. The third kappa shape index (κ3) is 3.14. The lowest BCUT2D eigenvalue weighted by Crippen LogP contribution is -2.42. The van der Waals surface area contributed by atoms with Gasteiger partial charge in [-0.1, -0.05) is 18.2 Å². The highest BCUT2D eigenvalue weighted by Crippen LogP contribution is 2.27. The zero-order valence-electron chi connectivity index (χ0n) is 11.4. The van der Waals surface area contributed by atoms with Crippen LogP contribution >= 0.6 is 0 Å². The third-order valence-corrected chi connectivity index (χ3v) is 3.92. The molecule has 6 nitrogen and oxygen atoms in total. The molecule has 1 fully saturated rings. The highest BCUT2D eigenvalue weighted by Gasteiger charge is 2.30. The van der Waals surface area contributed by atoms with E-state index in [1.54, 1.807) is 18.2 Å². The van der Waals surface area contributed by atoms with Crippen molar-refractivity contribution in [1.29, 1.82) is 0 Å². The number of nitro groups is 1. The summed E-state index contributed by atoms with van der Waals surface area (Å²) in [6.45, 7) is 3.12. The second-order valence-electron chi connectivity index (χ2n) is 5.26. The average molecular weight is 278 g/mol. The average Bonchev–Trinajstić information content (AvgIpc) is 2.41. The van der Waals surface area contributed by atoms with Crippen molar-refractivity contribution in [2.24, 2.45) is 5.92 Å². The number of nitro benzene ring substituents is 1. The lowest BCUT2D eigenvalue weighted by molar-refractivity contribution is -0.385. The van der Waals surface area contributed by atoms with E-state index in [-0.39, 0.29) is 22.6 Å². The molecule has 1 aliphatic rings. The molecule has 2 atom stereocenters. The van der Waals surface area contributed by atoms with Crippen LogP contribution in [-0.2, 0) is 11.3 Å². The fraction of sp³-hybridized carbons (Fsp3) is 0.500. The number of benzene rings is 1. The second-order valence-corrected chi connectivity index (χ2v) is 5.26. The van der Waals surface area contributed by atoms with E-state index in [9.17, 15) is 14.9 Å². The van der Waals surface area contributed by atoms with Crippen molar-refractivity contribution in [3.8, 4) is 0 Å². The maximum atomic E-state index is 11.0. The Hall–Kier alpha value is -1.95. The van der Waals surface area contributed by atoms with E-state index in [0.29, 0.717) is 31.5 Å². The summed E-state index contributed by atoms with van der Waals surface area (Å²) < 4.78 is 0. The van der Waals surface area contributed by atoms with Crippen molar-refractivity contribution in [3.05, 3.63) is 39.9 Å². The van der Waals surface area contributed by atoms with Crippen LogP contribution in [0.1, 0.15) is 25.3 Å². The highest BCUT2D eigenvalue weighted by atomic mass is 16.6. The first-order valence-corrected chi connectivity index (χ1v) is 6.68. The van der Waals surface area contributed by atoms with Gasteiger partial charge in [-0.3, -0.25) is 19.8 Å². The van der Waals surface area contributed by atoms with E-state index >= 15 is 0 Å². The second kappa shape index (κ2) is 6.00. The Kier molecular flexibility index (Phi) is 4.34. The van der Waals surface area contributed by atoms with Crippen molar-refractivity contribution in [2.75, 3.05) is 6.54 Å². The molecule has 6 heteroatoms. The zero-order chi connectivity index (χ0) is 14.7. The predicted octanol–water partition coefficient (Wildman–Crippen LogP) is 2.28. The molecule has 0 spiro atoms. The van der Waals surface area contributed by atoms with Crippen LogP contribution in [0.4, 0.5) is 5.69 Å². The minimum atomic E-state index is -0.748. The van der Waals surface area contributed by atoms with Gasteiger partial charge in [0.2, 0.25) is 0 Å². The van der Waals surface area contributed by atoms with Crippen LogP contribution in [0.15, 0.2) is 24.3 Å². The van der Waals surface area contributed by atoms with Gasteiger partial charge in [-0.15, -0.1) is 0 Å². The van der Waals surface area contributed by atoms with Crippen LogP contribution in [0, 0.1) is 16.0 Å². The standard InChI is InChI=1S/C14H18N2O4/c1-10-8-11(14(17)18)6-7-15(10)9-12-4-2-3-5-13(12)16(19)20/h2-5,10-11H,6-9H2,1H3,(H,17,18). The van der Waals surface area contributed by atoms with Crippen molar-refractivity contribution in [1.82, 2.24) is 4.90 Å². The summed E-state index contributed by atoms with van der Waals surface area (Å²) in [7, 11) is 0. The molecule has 0 amide bonds. The zero-order valence-corrected chi connectivity index (χ0v) is 11.4. The quantitative estimate of drug-likeness (QED) is 0.674. The number of carboxylic acids is 1. The van der Waals surface area contributed by atoms with Gasteiger partial charge in [0, 0.05) is 24.2 Å². The van der Waals surface area contributed by atoms with E-state index in [2.05, 4.69) is 4.90 Å². The molecule has 1 aromatic rings. The number of likely N-dealkylation sites (tertiary alicyclic amines) is 1. The lowest BCUT2D eigenvalue weighted by Gasteiger charge is -2.36. The molecular weight excluding hydrogens is 260 g/mol. The van der Waals surface area contributed by atoms with E-state index in [1.165, 1.54) is 6.07 Å². The number of piperidine rings is 1. The van der Waals surface area contributed by atoms with Gasteiger partial charge in [0.25, 0.3) is 5.69 Å². The number of para-hydroxylation sites is 1. The van der Waals surface area contributed by atoms with Gasteiger partial charge >= 0.3 is 5.97 Å². The summed E-state index contributed by atoms with van der Waals surface area (Å²) in [5.74, 6) is -1.05. The van der Waals surface area contributed by atoms with Gasteiger partial charge in [-0.25, -0.2) is 0 Å².